The number of rotatable bonds is 5. The number of piperidine rings is 1. The molecule has 1 aromatic rings. The Bertz CT molecular complexity index is 454. The highest BCUT2D eigenvalue weighted by molar-refractivity contribution is 5.98. The van der Waals surface area contributed by atoms with E-state index in [0.717, 1.165) is 25.2 Å². The van der Waals surface area contributed by atoms with E-state index in [4.69, 9.17) is 4.74 Å². The molecule has 0 aromatic heterocycles. The van der Waals surface area contributed by atoms with E-state index in [9.17, 15) is 4.79 Å². The molecule has 4 heteroatoms. The van der Waals surface area contributed by atoms with Crippen molar-refractivity contribution in [3.63, 3.8) is 0 Å². The Morgan fingerprint density at radius 2 is 2.05 bits per heavy atom. The first-order chi connectivity index (χ1) is 9.72. The number of likely N-dealkylation sites (tertiary alicyclic amines) is 1. The SMILES string of the molecule is COc1cccc(C)c1C(=O)NCCN1CCCCC1. The molecule has 1 N–H and O–H groups in total. The zero-order chi connectivity index (χ0) is 14.4. The van der Waals surface area contributed by atoms with Crippen molar-refractivity contribution in [1.29, 1.82) is 0 Å². The maximum absolute atomic E-state index is 12.3. The molecular weight excluding hydrogens is 252 g/mol. The predicted molar refractivity (Wildman–Crippen MR) is 80.4 cm³/mol. The van der Waals surface area contributed by atoms with E-state index >= 15 is 0 Å². The zero-order valence-electron chi connectivity index (χ0n) is 12.4. The Morgan fingerprint density at radius 1 is 1.30 bits per heavy atom. The van der Waals surface area contributed by atoms with Gasteiger partial charge in [-0.3, -0.25) is 4.79 Å². The molecule has 0 atom stereocenters. The van der Waals surface area contributed by atoms with Gasteiger partial charge in [0.25, 0.3) is 5.91 Å². The van der Waals surface area contributed by atoms with Gasteiger partial charge >= 0.3 is 0 Å². The van der Waals surface area contributed by atoms with Crippen LogP contribution >= 0.6 is 0 Å². The largest absolute Gasteiger partial charge is 0.496 e. The molecule has 0 radical (unpaired) electrons. The number of aryl methyl sites for hydroxylation is 1. The Labute approximate surface area is 121 Å². The highest BCUT2D eigenvalue weighted by atomic mass is 16.5. The van der Waals surface area contributed by atoms with E-state index in [1.807, 2.05) is 25.1 Å². The first-order valence-corrected chi connectivity index (χ1v) is 7.36. The quantitative estimate of drug-likeness (QED) is 0.896. The number of nitrogens with zero attached hydrogens (tertiary/aromatic N) is 1. The maximum atomic E-state index is 12.3. The number of carbonyl (C=O) groups is 1. The smallest absolute Gasteiger partial charge is 0.255 e. The summed E-state index contributed by atoms with van der Waals surface area (Å²) in [5.74, 6) is 0.595. The van der Waals surface area contributed by atoms with Gasteiger partial charge in [-0.15, -0.1) is 0 Å². The second-order valence-corrected chi connectivity index (χ2v) is 5.31. The van der Waals surface area contributed by atoms with Gasteiger partial charge in [0.1, 0.15) is 5.75 Å². The third-order valence-corrected chi connectivity index (χ3v) is 3.84. The molecule has 2 rings (SSSR count). The Morgan fingerprint density at radius 3 is 2.75 bits per heavy atom. The summed E-state index contributed by atoms with van der Waals surface area (Å²) in [6, 6.07) is 5.66. The van der Waals surface area contributed by atoms with Crippen molar-refractivity contribution in [2.75, 3.05) is 33.3 Å². The van der Waals surface area contributed by atoms with Crippen LogP contribution in [0.25, 0.3) is 0 Å². The molecule has 0 unspecified atom stereocenters. The number of ether oxygens (including phenoxy) is 1. The molecule has 1 fully saturated rings. The van der Waals surface area contributed by atoms with Gasteiger partial charge in [0.2, 0.25) is 0 Å². The normalized spacial score (nSPS) is 15.9. The van der Waals surface area contributed by atoms with Crippen LogP contribution in [-0.4, -0.2) is 44.1 Å². The third kappa shape index (κ3) is 3.73. The highest BCUT2D eigenvalue weighted by Crippen LogP contribution is 2.21. The zero-order valence-corrected chi connectivity index (χ0v) is 12.4. The van der Waals surface area contributed by atoms with Crippen LogP contribution in [0.3, 0.4) is 0 Å². The minimum atomic E-state index is -0.0445. The summed E-state index contributed by atoms with van der Waals surface area (Å²) in [4.78, 5) is 14.7. The summed E-state index contributed by atoms with van der Waals surface area (Å²) >= 11 is 0. The molecular formula is C16H24N2O2. The molecule has 1 saturated heterocycles. The van der Waals surface area contributed by atoms with Gasteiger partial charge < -0.3 is 15.0 Å². The van der Waals surface area contributed by atoms with Crippen LogP contribution in [0.1, 0.15) is 35.2 Å². The summed E-state index contributed by atoms with van der Waals surface area (Å²) in [7, 11) is 1.60. The average Bonchev–Trinajstić information content (AvgIpc) is 2.47. The lowest BCUT2D eigenvalue weighted by Gasteiger charge is -2.26. The van der Waals surface area contributed by atoms with Gasteiger partial charge in [-0.1, -0.05) is 18.6 Å². The van der Waals surface area contributed by atoms with Crippen LogP contribution in [-0.2, 0) is 0 Å². The average molecular weight is 276 g/mol. The molecule has 4 nitrogen and oxygen atoms in total. The molecule has 110 valence electrons. The number of nitrogens with one attached hydrogen (secondary N) is 1. The van der Waals surface area contributed by atoms with Gasteiger partial charge in [-0.05, 0) is 44.5 Å². The molecule has 1 amide bonds. The van der Waals surface area contributed by atoms with Crippen molar-refractivity contribution in [2.45, 2.75) is 26.2 Å². The summed E-state index contributed by atoms with van der Waals surface area (Å²) in [5.41, 5.74) is 1.59. The number of methoxy groups -OCH3 is 1. The van der Waals surface area contributed by atoms with E-state index in [0.29, 0.717) is 17.9 Å². The summed E-state index contributed by atoms with van der Waals surface area (Å²) in [5, 5.41) is 3.00. The highest BCUT2D eigenvalue weighted by Gasteiger charge is 2.15. The van der Waals surface area contributed by atoms with E-state index in [2.05, 4.69) is 10.2 Å². The molecule has 0 aliphatic carbocycles. The summed E-state index contributed by atoms with van der Waals surface area (Å²) in [6.07, 6.45) is 3.89. The second-order valence-electron chi connectivity index (χ2n) is 5.31. The van der Waals surface area contributed by atoms with Crippen LogP contribution in [0.4, 0.5) is 0 Å². The second kappa shape index (κ2) is 7.29. The van der Waals surface area contributed by atoms with Crippen molar-refractivity contribution in [3.05, 3.63) is 29.3 Å². The molecule has 1 aromatic carbocycles. The van der Waals surface area contributed by atoms with Gasteiger partial charge in [0.15, 0.2) is 0 Å². The lowest BCUT2D eigenvalue weighted by molar-refractivity contribution is 0.0943. The van der Waals surface area contributed by atoms with Crippen LogP contribution < -0.4 is 10.1 Å². The van der Waals surface area contributed by atoms with Gasteiger partial charge in [0, 0.05) is 13.1 Å². The molecule has 1 heterocycles. The number of benzene rings is 1. The lowest BCUT2D eigenvalue weighted by Crippen LogP contribution is -2.37. The van der Waals surface area contributed by atoms with Crippen LogP contribution in [0.15, 0.2) is 18.2 Å². The van der Waals surface area contributed by atoms with Gasteiger partial charge in [0.05, 0.1) is 12.7 Å². The topological polar surface area (TPSA) is 41.6 Å². The molecule has 1 aliphatic rings. The first-order valence-electron chi connectivity index (χ1n) is 7.36. The van der Waals surface area contributed by atoms with Crippen molar-refractivity contribution in [3.8, 4) is 5.75 Å². The van der Waals surface area contributed by atoms with Crippen LogP contribution in [0, 0.1) is 6.92 Å². The Hall–Kier alpha value is -1.55. The molecule has 1 aliphatic heterocycles. The minimum Gasteiger partial charge on any atom is -0.496 e. The molecule has 0 bridgehead atoms. The summed E-state index contributed by atoms with van der Waals surface area (Å²) in [6.45, 7) is 5.87. The monoisotopic (exact) mass is 276 g/mol. The Kier molecular flexibility index (Phi) is 5.41. The number of hydrogen-bond acceptors (Lipinski definition) is 3. The van der Waals surface area contributed by atoms with Crippen LogP contribution in [0.2, 0.25) is 0 Å². The van der Waals surface area contributed by atoms with E-state index in [1.165, 1.54) is 19.3 Å². The van der Waals surface area contributed by atoms with E-state index in [1.54, 1.807) is 7.11 Å². The predicted octanol–water partition coefficient (Wildman–Crippen LogP) is 2.22. The number of carbonyl (C=O) groups excluding carboxylic acids is 1. The fourth-order valence-electron chi connectivity index (χ4n) is 2.70. The summed E-state index contributed by atoms with van der Waals surface area (Å²) < 4.78 is 5.27. The fourth-order valence-corrected chi connectivity index (χ4v) is 2.70. The van der Waals surface area contributed by atoms with Crippen molar-refractivity contribution in [1.82, 2.24) is 10.2 Å². The molecule has 0 spiro atoms. The Balaban J connectivity index is 1.88. The maximum Gasteiger partial charge on any atom is 0.255 e. The standard InChI is InChI=1S/C16H24N2O2/c1-13-7-6-8-14(20-2)15(13)16(19)17-9-12-18-10-4-3-5-11-18/h6-8H,3-5,9-12H2,1-2H3,(H,17,19). The van der Waals surface area contributed by atoms with Crippen LogP contribution in [0.5, 0.6) is 5.75 Å². The van der Waals surface area contributed by atoms with Crippen molar-refractivity contribution in [2.24, 2.45) is 0 Å². The minimum absolute atomic E-state index is 0.0445. The van der Waals surface area contributed by atoms with Gasteiger partial charge in [-0.25, -0.2) is 0 Å². The van der Waals surface area contributed by atoms with Crippen molar-refractivity contribution >= 4 is 5.91 Å². The number of hydrogen-bond donors (Lipinski definition) is 1. The third-order valence-electron chi connectivity index (χ3n) is 3.84. The first kappa shape index (κ1) is 14.9. The molecule has 20 heavy (non-hydrogen) atoms. The van der Waals surface area contributed by atoms with Crippen molar-refractivity contribution < 1.29 is 9.53 Å². The van der Waals surface area contributed by atoms with E-state index in [-0.39, 0.29) is 5.91 Å². The fraction of sp³-hybridized carbons (Fsp3) is 0.562. The number of amides is 1. The van der Waals surface area contributed by atoms with E-state index < -0.39 is 0 Å². The lowest BCUT2D eigenvalue weighted by atomic mass is 10.1. The van der Waals surface area contributed by atoms with Gasteiger partial charge in [-0.2, -0.15) is 0 Å². The molecule has 0 saturated carbocycles.